The molecule has 2 heterocycles. The van der Waals surface area contributed by atoms with E-state index in [0.717, 1.165) is 0 Å². The third-order valence-corrected chi connectivity index (χ3v) is 1.75. The monoisotopic (exact) mass is 183 g/mol. The van der Waals surface area contributed by atoms with Gasteiger partial charge < -0.3 is 4.98 Å². The van der Waals surface area contributed by atoms with Gasteiger partial charge in [0.15, 0.2) is 0 Å². The minimum absolute atomic E-state index is 0.124. The summed E-state index contributed by atoms with van der Waals surface area (Å²) in [6, 6.07) is 1.46. The molecule has 2 aromatic rings. The van der Waals surface area contributed by atoms with E-state index in [4.69, 9.17) is 11.6 Å². The van der Waals surface area contributed by atoms with Crippen molar-refractivity contribution in [2.75, 3.05) is 0 Å². The quantitative estimate of drug-likeness (QED) is 0.662. The molecule has 0 aliphatic rings. The lowest BCUT2D eigenvalue weighted by Crippen LogP contribution is -2.12. The first kappa shape index (κ1) is 7.36. The van der Waals surface area contributed by atoms with Crippen LogP contribution in [0.5, 0.6) is 0 Å². The molecule has 0 aliphatic heterocycles. The Kier molecular flexibility index (Phi) is 1.44. The molecule has 1 N–H and O–H groups in total. The summed E-state index contributed by atoms with van der Waals surface area (Å²) in [6.07, 6.45) is 1.51. The molecule has 0 aliphatic carbocycles. The zero-order valence-electron chi connectivity index (χ0n) is 6.34. The Balaban J connectivity index is 2.98. The topological polar surface area (TPSA) is 50.2 Å². The molecule has 2 aromatic heterocycles. The SMILES string of the molecule is Cc1cc(=O)n2cc(Cl)[nH]c2n1. The second kappa shape index (κ2) is 2.35. The third kappa shape index (κ3) is 1.00. The maximum atomic E-state index is 11.3. The van der Waals surface area contributed by atoms with Crippen molar-refractivity contribution in [2.45, 2.75) is 6.92 Å². The average molecular weight is 184 g/mol. The largest absolute Gasteiger partial charge is 0.314 e. The van der Waals surface area contributed by atoms with E-state index in [-0.39, 0.29) is 5.56 Å². The van der Waals surface area contributed by atoms with Crippen molar-refractivity contribution >= 4 is 17.4 Å². The predicted molar refractivity (Wildman–Crippen MR) is 45.6 cm³/mol. The normalized spacial score (nSPS) is 10.8. The zero-order valence-corrected chi connectivity index (χ0v) is 7.09. The minimum Gasteiger partial charge on any atom is -0.314 e. The average Bonchev–Trinajstić information content (AvgIpc) is 2.29. The Morgan fingerprint density at radius 1 is 1.67 bits per heavy atom. The van der Waals surface area contributed by atoms with Crippen LogP contribution in [0.3, 0.4) is 0 Å². The number of rotatable bonds is 0. The number of aromatic amines is 1. The first-order chi connectivity index (χ1) is 5.66. The molecule has 62 valence electrons. The number of imidazole rings is 1. The van der Waals surface area contributed by atoms with E-state index in [0.29, 0.717) is 16.6 Å². The molecule has 0 radical (unpaired) electrons. The van der Waals surface area contributed by atoms with Crippen LogP contribution < -0.4 is 5.56 Å². The lowest BCUT2D eigenvalue weighted by molar-refractivity contribution is 1.02. The van der Waals surface area contributed by atoms with Crippen molar-refractivity contribution in [3.63, 3.8) is 0 Å². The van der Waals surface area contributed by atoms with E-state index >= 15 is 0 Å². The van der Waals surface area contributed by atoms with E-state index < -0.39 is 0 Å². The fraction of sp³-hybridized carbons (Fsp3) is 0.143. The standard InChI is InChI=1S/C7H6ClN3O/c1-4-2-6(12)11-3-5(8)10-7(11)9-4/h2-3H,1H3,(H,9,10). The van der Waals surface area contributed by atoms with Gasteiger partial charge in [-0.2, -0.15) is 0 Å². The first-order valence-electron chi connectivity index (χ1n) is 3.41. The molecule has 0 aromatic carbocycles. The van der Waals surface area contributed by atoms with Crippen LogP contribution >= 0.6 is 11.6 Å². The maximum Gasteiger partial charge on any atom is 0.259 e. The molecule has 0 amide bonds. The summed E-state index contributed by atoms with van der Waals surface area (Å²) in [4.78, 5) is 18.1. The Morgan fingerprint density at radius 3 is 3.17 bits per heavy atom. The highest BCUT2D eigenvalue weighted by Gasteiger charge is 2.01. The van der Waals surface area contributed by atoms with E-state index in [1.807, 2.05) is 0 Å². The number of H-pyrrole nitrogens is 1. The number of hydrogen-bond donors (Lipinski definition) is 1. The van der Waals surface area contributed by atoms with Gasteiger partial charge in [0.2, 0.25) is 5.78 Å². The Morgan fingerprint density at radius 2 is 2.42 bits per heavy atom. The number of nitrogens with zero attached hydrogens (tertiary/aromatic N) is 2. The molecule has 0 spiro atoms. The van der Waals surface area contributed by atoms with E-state index in [1.165, 1.54) is 16.7 Å². The van der Waals surface area contributed by atoms with E-state index in [2.05, 4.69) is 9.97 Å². The van der Waals surface area contributed by atoms with Gasteiger partial charge in [-0.05, 0) is 6.92 Å². The van der Waals surface area contributed by atoms with Crippen LogP contribution in [0.15, 0.2) is 17.1 Å². The first-order valence-corrected chi connectivity index (χ1v) is 3.79. The highest BCUT2D eigenvalue weighted by molar-refractivity contribution is 6.29. The van der Waals surface area contributed by atoms with Gasteiger partial charge in [-0.15, -0.1) is 0 Å². The van der Waals surface area contributed by atoms with Crippen molar-refractivity contribution in [3.05, 3.63) is 33.5 Å². The van der Waals surface area contributed by atoms with Crippen molar-refractivity contribution < 1.29 is 0 Å². The molecule has 0 unspecified atom stereocenters. The van der Waals surface area contributed by atoms with Gasteiger partial charge in [0.1, 0.15) is 5.15 Å². The van der Waals surface area contributed by atoms with Gasteiger partial charge in [-0.3, -0.25) is 9.20 Å². The van der Waals surface area contributed by atoms with Gasteiger partial charge in [-0.1, -0.05) is 11.6 Å². The lowest BCUT2D eigenvalue weighted by Gasteiger charge is -1.91. The third-order valence-electron chi connectivity index (χ3n) is 1.55. The number of aryl methyl sites for hydroxylation is 1. The predicted octanol–water partition coefficient (Wildman–Crippen LogP) is 0.984. The molecular formula is C7H6ClN3O. The number of halogens is 1. The van der Waals surface area contributed by atoms with Crippen molar-refractivity contribution in [3.8, 4) is 0 Å². The molecule has 0 saturated carbocycles. The Hall–Kier alpha value is -1.29. The maximum absolute atomic E-state index is 11.3. The summed E-state index contributed by atoms with van der Waals surface area (Å²) in [5.74, 6) is 0.477. The van der Waals surface area contributed by atoms with Gasteiger partial charge in [-0.25, -0.2) is 4.98 Å². The van der Waals surface area contributed by atoms with Gasteiger partial charge in [0.05, 0.1) is 6.20 Å². The fourth-order valence-electron chi connectivity index (χ4n) is 1.07. The highest BCUT2D eigenvalue weighted by atomic mass is 35.5. The zero-order chi connectivity index (χ0) is 8.72. The number of fused-ring (bicyclic) bond motifs is 1. The summed E-state index contributed by atoms with van der Waals surface area (Å²) in [5, 5.41) is 0.408. The molecular weight excluding hydrogens is 178 g/mol. The summed E-state index contributed by atoms with van der Waals surface area (Å²) in [5.41, 5.74) is 0.555. The van der Waals surface area contributed by atoms with Gasteiger partial charge in [0, 0.05) is 11.8 Å². The van der Waals surface area contributed by atoms with Crippen LogP contribution in [0.4, 0.5) is 0 Å². The number of aromatic nitrogens is 3. The van der Waals surface area contributed by atoms with Crippen LogP contribution in [0, 0.1) is 6.92 Å². The highest BCUT2D eigenvalue weighted by Crippen LogP contribution is 2.05. The van der Waals surface area contributed by atoms with Crippen molar-refractivity contribution in [1.29, 1.82) is 0 Å². The Bertz CT molecular complexity index is 485. The summed E-state index contributed by atoms with van der Waals surface area (Å²) >= 11 is 5.65. The molecule has 0 bridgehead atoms. The van der Waals surface area contributed by atoms with Crippen molar-refractivity contribution in [1.82, 2.24) is 14.4 Å². The fourth-order valence-corrected chi connectivity index (χ4v) is 1.25. The molecule has 4 nitrogen and oxygen atoms in total. The minimum atomic E-state index is -0.124. The summed E-state index contributed by atoms with van der Waals surface area (Å²) < 4.78 is 1.37. The van der Waals surface area contributed by atoms with Crippen LogP contribution in [-0.2, 0) is 0 Å². The second-order valence-corrected chi connectivity index (χ2v) is 2.94. The molecule has 0 fully saturated rings. The molecule has 0 saturated heterocycles. The summed E-state index contributed by atoms with van der Waals surface area (Å²) in [6.45, 7) is 1.76. The van der Waals surface area contributed by atoms with Gasteiger partial charge in [0.25, 0.3) is 5.56 Å². The molecule has 5 heteroatoms. The van der Waals surface area contributed by atoms with Crippen molar-refractivity contribution in [2.24, 2.45) is 0 Å². The molecule has 0 atom stereocenters. The van der Waals surface area contributed by atoms with Crippen LogP contribution in [0.1, 0.15) is 5.69 Å². The van der Waals surface area contributed by atoms with E-state index in [1.54, 1.807) is 6.92 Å². The van der Waals surface area contributed by atoms with Crippen LogP contribution in [-0.4, -0.2) is 14.4 Å². The van der Waals surface area contributed by atoms with Crippen LogP contribution in [0.2, 0.25) is 5.15 Å². The van der Waals surface area contributed by atoms with Gasteiger partial charge >= 0.3 is 0 Å². The number of hydrogen-bond acceptors (Lipinski definition) is 2. The van der Waals surface area contributed by atoms with Crippen LogP contribution in [0.25, 0.3) is 5.78 Å². The van der Waals surface area contributed by atoms with E-state index in [9.17, 15) is 4.79 Å². The summed E-state index contributed by atoms with van der Waals surface area (Å²) in [7, 11) is 0. The molecule has 2 rings (SSSR count). The smallest absolute Gasteiger partial charge is 0.259 e. The Labute approximate surface area is 72.8 Å². The molecule has 12 heavy (non-hydrogen) atoms. The number of nitrogens with one attached hydrogen (secondary N) is 1. The second-order valence-electron chi connectivity index (χ2n) is 2.53. The lowest BCUT2D eigenvalue weighted by atomic mass is 10.4.